The largest absolute Gasteiger partial charge is 0.378 e. The van der Waals surface area contributed by atoms with E-state index in [1.807, 2.05) is 18.2 Å². The number of amides is 1. The number of ether oxygens (including phenoxy) is 1. The zero-order valence-corrected chi connectivity index (χ0v) is 15.7. The van der Waals surface area contributed by atoms with Gasteiger partial charge in [0, 0.05) is 44.2 Å². The lowest BCUT2D eigenvalue weighted by molar-refractivity contribution is -0.116. The molecule has 0 bridgehead atoms. The van der Waals surface area contributed by atoms with E-state index in [0.29, 0.717) is 11.4 Å². The van der Waals surface area contributed by atoms with E-state index < -0.39 is 0 Å². The minimum Gasteiger partial charge on any atom is -0.378 e. The zero-order valence-electron chi connectivity index (χ0n) is 15.0. The third-order valence-corrected chi connectivity index (χ3v) is 5.35. The van der Waals surface area contributed by atoms with Crippen molar-refractivity contribution < 1.29 is 9.53 Å². The Balaban J connectivity index is 1.61. The molecule has 2 aliphatic rings. The molecule has 25 heavy (non-hydrogen) atoms. The molecule has 0 aromatic heterocycles. The first-order valence-electron chi connectivity index (χ1n) is 9.34. The predicted octanol–water partition coefficient (Wildman–Crippen LogP) is 3.38. The van der Waals surface area contributed by atoms with E-state index in [1.165, 1.54) is 0 Å². The Hall–Kier alpha value is -1.30. The maximum atomic E-state index is 12.4. The molecule has 1 amide bonds. The first kappa shape index (κ1) is 18.5. The molecule has 1 atom stereocenters. The fraction of sp³-hybridized carbons (Fsp3) is 0.632. The molecule has 0 saturated carbocycles. The van der Waals surface area contributed by atoms with Crippen LogP contribution in [0.5, 0.6) is 0 Å². The van der Waals surface area contributed by atoms with Crippen molar-refractivity contribution in [3.8, 4) is 0 Å². The second-order valence-electron chi connectivity index (χ2n) is 6.80. The molecule has 1 unspecified atom stereocenters. The van der Waals surface area contributed by atoms with Gasteiger partial charge in [-0.25, -0.2) is 0 Å². The van der Waals surface area contributed by atoms with E-state index in [1.54, 1.807) is 0 Å². The second kappa shape index (κ2) is 8.88. The van der Waals surface area contributed by atoms with Crippen molar-refractivity contribution in [3.63, 3.8) is 0 Å². The average Bonchev–Trinajstić information content (AvgIpc) is 3.14. The number of rotatable bonds is 6. The summed E-state index contributed by atoms with van der Waals surface area (Å²) in [5.41, 5.74) is 1.88. The average molecular weight is 366 g/mol. The van der Waals surface area contributed by atoms with E-state index in [0.717, 1.165) is 70.0 Å². The van der Waals surface area contributed by atoms with Crippen molar-refractivity contribution in [1.82, 2.24) is 4.90 Å². The molecule has 2 saturated heterocycles. The molecule has 0 spiro atoms. The molecular weight excluding hydrogens is 338 g/mol. The van der Waals surface area contributed by atoms with Crippen LogP contribution in [0.2, 0.25) is 5.02 Å². The second-order valence-corrected chi connectivity index (χ2v) is 7.24. The lowest BCUT2D eigenvalue weighted by Crippen LogP contribution is -2.46. The molecule has 138 valence electrons. The van der Waals surface area contributed by atoms with Crippen molar-refractivity contribution >= 4 is 28.9 Å². The van der Waals surface area contributed by atoms with Gasteiger partial charge in [-0.15, -0.1) is 0 Å². The summed E-state index contributed by atoms with van der Waals surface area (Å²) in [6, 6.07) is 5.76. The maximum absolute atomic E-state index is 12.4. The lowest BCUT2D eigenvalue weighted by atomic mass is 10.1. The zero-order chi connectivity index (χ0) is 17.6. The fourth-order valence-corrected chi connectivity index (χ4v) is 3.74. The Morgan fingerprint density at radius 1 is 1.32 bits per heavy atom. The van der Waals surface area contributed by atoms with Gasteiger partial charge in [0.25, 0.3) is 0 Å². The van der Waals surface area contributed by atoms with Crippen molar-refractivity contribution in [2.45, 2.75) is 38.7 Å². The number of hydrogen-bond acceptors (Lipinski definition) is 4. The van der Waals surface area contributed by atoms with Crippen LogP contribution >= 0.6 is 11.6 Å². The standard InChI is InChI=1S/C19H28ClN3O2/c1-2-22-9-11-23(12-10-22)18-7-5-15(20)14-17(18)21-19(24)8-6-16-4-3-13-25-16/h5,7,14,16H,2-4,6,8-13H2,1H3,(H,21,24). The van der Waals surface area contributed by atoms with Crippen LogP contribution in [-0.4, -0.2) is 56.2 Å². The normalized spacial score (nSPS) is 21.5. The number of piperazine rings is 1. The third-order valence-electron chi connectivity index (χ3n) is 5.11. The minimum absolute atomic E-state index is 0.0335. The highest BCUT2D eigenvalue weighted by Gasteiger charge is 2.20. The quantitative estimate of drug-likeness (QED) is 0.839. The summed E-state index contributed by atoms with van der Waals surface area (Å²) in [4.78, 5) is 17.1. The first-order valence-corrected chi connectivity index (χ1v) is 9.72. The monoisotopic (exact) mass is 365 g/mol. The predicted molar refractivity (Wildman–Crippen MR) is 103 cm³/mol. The van der Waals surface area contributed by atoms with Gasteiger partial charge in [0.15, 0.2) is 0 Å². The summed E-state index contributed by atoms with van der Waals surface area (Å²) >= 11 is 6.17. The van der Waals surface area contributed by atoms with Crippen LogP contribution in [-0.2, 0) is 9.53 Å². The molecule has 5 nitrogen and oxygen atoms in total. The van der Waals surface area contributed by atoms with Crippen LogP contribution in [0.3, 0.4) is 0 Å². The number of halogens is 1. The first-order chi connectivity index (χ1) is 12.2. The molecule has 0 aliphatic carbocycles. The number of anilines is 2. The van der Waals surface area contributed by atoms with Crippen LogP contribution in [0.15, 0.2) is 18.2 Å². The molecule has 2 fully saturated rings. The maximum Gasteiger partial charge on any atom is 0.224 e. The van der Waals surface area contributed by atoms with Gasteiger partial charge in [0.2, 0.25) is 5.91 Å². The molecule has 0 radical (unpaired) electrons. The highest BCUT2D eigenvalue weighted by molar-refractivity contribution is 6.31. The van der Waals surface area contributed by atoms with Crippen molar-refractivity contribution in [3.05, 3.63) is 23.2 Å². The van der Waals surface area contributed by atoms with Gasteiger partial charge in [0.1, 0.15) is 0 Å². The van der Waals surface area contributed by atoms with Crippen LogP contribution in [0, 0.1) is 0 Å². The van der Waals surface area contributed by atoms with Crippen LogP contribution < -0.4 is 10.2 Å². The van der Waals surface area contributed by atoms with Crippen molar-refractivity contribution in [2.24, 2.45) is 0 Å². The Morgan fingerprint density at radius 2 is 2.12 bits per heavy atom. The number of benzene rings is 1. The summed E-state index contributed by atoms with van der Waals surface area (Å²) in [6.07, 6.45) is 3.69. The highest BCUT2D eigenvalue weighted by atomic mass is 35.5. The number of likely N-dealkylation sites (N-methyl/N-ethyl adjacent to an activating group) is 1. The summed E-state index contributed by atoms with van der Waals surface area (Å²) in [7, 11) is 0. The summed E-state index contributed by atoms with van der Waals surface area (Å²) in [5, 5.41) is 3.71. The summed E-state index contributed by atoms with van der Waals surface area (Å²) in [6.45, 7) is 8.13. The van der Waals surface area contributed by atoms with E-state index >= 15 is 0 Å². The van der Waals surface area contributed by atoms with E-state index in [2.05, 4.69) is 22.0 Å². The Kier molecular flexibility index (Phi) is 6.57. The molecule has 1 N–H and O–H groups in total. The van der Waals surface area contributed by atoms with Gasteiger partial charge in [-0.05, 0) is 44.0 Å². The van der Waals surface area contributed by atoms with Crippen molar-refractivity contribution in [1.29, 1.82) is 0 Å². The van der Waals surface area contributed by atoms with Gasteiger partial charge in [0.05, 0.1) is 17.5 Å². The van der Waals surface area contributed by atoms with Crippen LogP contribution in [0.4, 0.5) is 11.4 Å². The molecule has 2 heterocycles. The smallest absolute Gasteiger partial charge is 0.224 e. The van der Waals surface area contributed by atoms with Crippen LogP contribution in [0.1, 0.15) is 32.6 Å². The van der Waals surface area contributed by atoms with E-state index in [9.17, 15) is 4.79 Å². The van der Waals surface area contributed by atoms with Gasteiger partial charge >= 0.3 is 0 Å². The van der Waals surface area contributed by atoms with Crippen molar-refractivity contribution in [2.75, 3.05) is 49.5 Å². The SMILES string of the molecule is CCN1CCN(c2ccc(Cl)cc2NC(=O)CCC2CCCO2)CC1. The third kappa shape index (κ3) is 5.09. The molecule has 3 rings (SSSR count). The topological polar surface area (TPSA) is 44.8 Å². The number of nitrogens with one attached hydrogen (secondary N) is 1. The van der Waals surface area contributed by atoms with E-state index in [-0.39, 0.29) is 12.0 Å². The number of carbonyl (C=O) groups is 1. The Bertz CT molecular complexity index is 582. The molecular formula is C19H28ClN3O2. The molecule has 2 aliphatic heterocycles. The lowest BCUT2D eigenvalue weighted by Gasteiger charge is -2.36. The Labute approximate surface area is 155 Å². The van der Waals surface area contributed by atoms with Gasteiger partial charge in [-0.2, -0.15) is 0 Å². The van der Waals surface area contributed by atoms with Gasteiger partial charge in [-0.3, -0.25) is 4.79 Å². The summed E-state index contributed by atoms with van der Waals surface area (Å²) < 4.78 is 5.60. The molecule has 1 aromatic rings. The number of nitrogens with zero attached hydrogens (tertiary/aromatic N) is 2. The van der Waals surface area contributed by atoms with Gasteiger partial charge < -0.3 is 19.9 Å². The number of carbonyl (C=O) groups excluding carboxylic acids is 1. The fourth-order valence-electron chi connectivity index (χ4n) is 3.57. The minimum atomic E-state index is 0.0335. The highest BCUT2D eigenvalue weighted by Crippen LogP contribution is 2.30. The molecule has 6 heteroatoms. The summed E-state index contributed by atoms with van der Waals surface area (Å²) in [5.74, 6) is 0.0335. The van der Waals surface area contributed by atoms with Crippen LogP contribution in [0.25, 0.3) is 0 Å². The number of hydrogen-bond donors (Lipinski definition) is 1. The molecule has 1 aromatic carbocycles. The van der Waals surface area contributed by atoms with Gasteiger partial charge in [-0.1, -0.05) is 18.5 Å². The Morgan fingerprint density at radius 3 is 2.80 bits per heavy atom. The van der Waals surface area contributed by atoms with E-state index in [4.69, 9.17) is 16.3 Å².